The molecule has 0 bridgehead atoms. The quantitative estimate of drug-likeness (QED) is 0.921. The van der Waals surface area contributed by atoms with Crippen LogP contribution in [0.2, 0.25) is 0 Å². The van der Waals surface area contributed by atoms with Crippen LogP contribution in [0, 0.1) is 6.92 Å². The molecular formula is C19H28N6. The van der Waals surface area contributed by atoms with E-state index in [0.29, 0.717) is 6.04 Å². The molecule has 0 amide bonds. The number of nitrogens with zero attached hydrogens (tertiary/aromatic N) is 5. The van der Waals surface area contributed by atoms with Gasteiger partial charge in [-0.1, -0.05) is 0 Å². The van der Waals surface area contributed by atoms with Gasteiger partial charge in [-0.15, -0.1) is 0 Å². The number of hydrogen-bond donors (Lipinski definition) is 1. The first-order chi connectivity index (χ1) is 12.2. The van der Waals surface area contributed by atoms with Gasteiger partial charge in [-0.2, -0.15) is 5.10 Å². The third-order valence-electron chi connectivity index (χ3n) is 5.28. The Morgan fingerprint density at radius 1 is 1.20 bits per heavy atom. The van der Waals surface area contributed by atoms with Crippen LogP contribution in [0.3, 0.4) is 0 Å². The van der Waals surface area contributed by atoms with E-state index < -0.39 is 0 Å². The predicted octanol–water partition coefficient (Wildman–Crippen LogP) is 1.87. The summed E-state index contributed by atoms with van der Waals surface area (Å²) in [5.74, 6) is 0. The molecule has 1 unspecified atom stereocenters. The van der Waals surface area contributed by atoms with Crippen molar-refractivity contribution in [1.82, 2.24) is 25.0 Å². The maximum absolute atomic E-state index is 4.77. The normalized spacial score (nSPS) is 21.8. The summed E-state index contributed by atoms with van der Waals surface area (Å²) in [7, 11) is 1.98. The highest BCUT2D eigenvalue weighted by Gasteiger charge is 2.22. The summed E-state index contributed by atoms with van der Waals surface area (Å²) in [6.45, 7) is 8.54. The van der Waals surface area contributed by atoms with Crippen molar-refractivity contribution in [3.8, 4) is 0 Å². The van der Waals surface area contributed by atoms with Crippen LogP contribution in [0.1, 0.15) is 35.8 Å². The largest absolute Gasteiger partial charge is 0.369 e. The van der Waals surface area contributed by atoms with Crippen molar-refractivity contribution >= 4 is 5.69 Å². The van der Waals surface area contributed by atoms with Gasteiger partial charge in [-0.25, -0.2) is 0 Å². The van der Waals surface area contributed by atoms with E-state index in [1.54, 1.807) is 0 Å². The molecule has 2 aliphatic rings. The summed E-state index contributed by atoms with van der Waals surface area (Å²) in [5, 5.41) is 7.84. The number of piperazine rings is 1. The van der Waals surface area contributed by atoms with Gasteiger partial charge in [-0.05, 0) is 38.4 Å². The van der Waals surface area contributed by atoms with Crippen molar-refractivity contribution in [1.29, 1.82) is 0 Å². The molecule has 0 spiro atoms. The third-order valence-corrected chi connectivity index (χ3v) is 5.28. The molecule has 0 aromatic carbocycles. The zero-order chi connectivity index (χ0) is 17.2. The monoisotopic (exact) mass is 340 g/mol. The lowest BCUT2D eigenvalue weighted by Gasteiger charge is -2.36. The zero-order valence-electron chi connectivity index (χ0n) is 15.3. The molecular weight excluding hydrogens is 312 g/mol. The van der Waals surface area contributed by atoms with E-state index >= 15 is 0 Å². The van der Waals surface area contributed by atoms with Gasteiger partial charge >= 0.3 is 0 Å². The predicted molar refractivity (Wildman–Crippen MR) is 99.6 cm³/mol. The van der Waals surface area contributed by atoms with E-state index in [1.165, 1.54) is 29.8 Å². The van der Waals surface area contributed by atoms with Gasteiger partial charge in [0.2, 0.25) is 0 Å². The number of nitrogens with one attached hydrogen (secondary N) is 1. The molecule has 6 nitrogen and oxygen atoms in total. The number of pyridine rings is 1. The third kappa shape index (κ3) is 3.85. The molecule has 1 N–H and O–H groups in total. The van der Waals surface area contributed by atoms with Crippen molar-refractivity contribution in [2.24, 2.45) is 7.05 Å². The first kappa shape index (κ1) is 16.5. The first-order valence-electron chi connectivity index (χ1n) is 9.34. The molecule has 6 heteroatoms. The molecule has 134 valence electrons. The fourth-order valence-electron chi connectivity index (χ4n) is 3.95. The minimum absolute atomic E-state index is 0.436. The molecule has 1 atom stereocenters. The Kier molecular flexibility index (Phi) is 4.72. The lowest BCUT2D eigenvalue weighted by atomic mass is 10.1. The highest BCUT2D eigenvalue weighted by molar-refractivity contribution is 5.49. The maximum Gasteiger partial charge on any atom is 0.0596 e. The molecule has 2 fully saturated rings. The second kappa shape index (κ2) is 7.14. The van der Waals surface area contributed by atoms with E-state index in [9.17, 15) is 0 Å². The summed E-state index contributed by atoms with van der Waals surface area (Å²) in [6, 6.07) is 4.97. The minimum Gasteiger partial charge on any atom is -0.369 e. The summed E-state index contributed by atoms with van der Waals surface area (Å²) in [4.78, 5) is 9.80. The topological polar surface area (TPSA) is 49.2 Å². The van der Waals surface area contributed by atoms with Crippen molar-refractivity contribution in [3.63, 3.8) is 0 Å². The van der Waals surface area contributed by atoms with Crippen LogP contribution in [0.15, 0.2) is 24.5 Å². The molecule has 2 aromatic heterocycles. The van der Waals surface area contributed by atoms with Crippen LogP contribution in [0.4, 0.5) is 5.69 Å². The van der Waals surface area contributed by atoms with E-state index in [4.69, 9.17) is 4.98 Å². The molecule has 2 aliphatic heterocycles. The van der Waals surface area contributed by atoms with E-state index in [1.807, 2.05) is 17.9 Å². The molecule has 25 heavy (non-hydrogen) atoms. The van der Waals surface area contributed by atoms with Gasteiger partial charge in [0.05, 0.1) is 11.9 Å². The number of aromatic nitrogens is 3. The van der Waals surface area contributed by atoms with Gasteiger partial charge in [0.15, 0.2) is 0 Å². The summed E-state index contributed by atoms with van der Waals surface area (Å²) >= 11 is 0. The van der Waals surface area contributed by atoms with Crippen LogP contribution >= 0.6 is 0 Å². The van der Waals surface area contributed by atoms with Crippen LogP contribution in [0.25, 0.3) is 0 Å². The SMILES string of the molecule is Cc1cc(N2CCN(Cc3cnn(C)c3)CC2)cc(C2CCCN2)n1. The van der Waals surface area contributed by atoms with Crippen molar-refractivity contribution in [2.75, 3.05) is 37.6 Å². The highest BCUT2D eigenvalue weighted by atomic mass is 15.3. The number of aryl methyl sites for hydroxylation is 2. The van der Waals surface area contributed by atoms with Crippen LogP contribution in [-0.2, 0) is 13.6 Å². The fourth-order valence-corrected chi connectivity index (χ4v) is 3.95. The Bertz CT molecular complexity index is 710. The van der Waals surface area contributed by atoms with Crippen LogP contribution in [0.5, 0.6) is 0 Å². The first-order valence-corrected chi connectivity index (χ1v) is 9.34. The standard InChI is InChI=1S/C19H28N6/c1-15-10-17(11-19(22-15)18-4-3-5-20-18)25-8-6-24(7-9-25)14-16-12-21-23(2)13-16/h10-13,18,20H,3-9,14H2,1-2H3. The van der Waals surface area contributed by atoms with E-state index in [0.717, 1.165) is 45.0 Å². The lowest BCUT2D eigenvalue weighted by molar-refractivity contribution is 0.250. The Hall–Kier alpha value is -1.92. The summed E-state index contributed by atoms with van der Waals surface area (Å²) in [5.41, 5.74) is 4.96. The van der Waals surface area contributed by atoms with Crippen molar-refractivity contribution < 1.29 is 0 Å². The molecule has 2 aromatic rings. The highest BCUT2D eigenvalue weighted by Crippen LogP contribution is 2.26. The van der Waals surface area contributed by atoms with Crippen LogP contribution < -0.4 is 10.2 Å². The zero-order valence-corrected chi connectivity index (χ0v) is 15.3. The maximum atomic E-state index is 4.77. The average molecular weight is 340 g/mol. The van der Waals surface area contributed by atoms with Gasteiger partial charge < -0.3 is 10.2 Å². The van der Waals surface area contributed by atoms with Gasteiger partial charge in [0, 0.05) is 69.0 Å². The van der Waals surface area contributed by atoms with E-state index in [-0.39, 0.29) is 0 Å². The molecule has 4 rings (SSSR count). The Morgan fingerprint density at radius 3 is 2.72 bits per heavy atom. The van der Waals surface area contributed by atoms with Gasteiger partial charge in [-0.3, -0.25) is 14.6 Å². The molecule has 0 radical (unpaired) electrons. The second-order valence-electron chi connectivity index (χ2n) is 7.33. The molecule has 0 aliphatic carbocycles. The smallest absolute Gasteiger partial charge is 0.0596 e. The lowest BCUT2D eigenvalue weighted by Crippen LogP contribution is -2.46. The Balaban J connectivity index is 1.40. The van der Waals surface area contributed by atoms with Crippen molar-refractivity contribution in [3.05, 3.63) is 41.5 Å². The minimum atomic E-state index is 0.436. The summed E-state index contributed by atoms with van der Waals surface area (Å²) in [6.07, 6.45) is 6.54. The fraction of sp³-hybridized carbons (Fsp3) is 0.579. The molecule has 4 heterocycles. The molecule has 0 saturated carbocycles. The van der Waals surface area contributed by atoms with Crippen molar-refractivity contribution in [2.45, 2.75) is 32.4 Å². The number of rotatable bonds is 4. The van der Waals surface area contributed by atoms with Crippen LogP contribution in [-0.4, -0.2) is 52.4 Å². The number of hydrogen-bond acceptors (Lipinski definition) is 5. The Morgan fingerprint density at radius 2 is 2.04 bits per heavy atom. The van der Waals surface area contributed by atoms with E-state index in [2.05, 4.69) is 45.5 Å². The summed E-state index contributed by atoms with van der Waals surface area (Å²) < 4.78 is 1.88. The molecule has 2 saturated heterocycles. The van der Waals surface area contributed by atoms with Gasteiger partial charge in [0.25, 0.3) is 0 Å². The number of anilines is 1. The average Bonchev–Trinajstić information content (AvgIpc) is 3.27. The van der Waals surface area contributed by atoms with Gasteiger partial charge in [0.1, 0.15) is 0 Å². The second-order valence-corrected chi connectivity index (χ2v) is 7.33. The Labute approximate surface area is 149 Å².